The molecule has 1 saturated carbocycles. The molecule has 0 spiro atoms. The van der Waals surface area contributed by atoms with Crippen LogP contribution in [0.15, 0.2) is 0 Å². The van der Waals surface area contributed by atoms with Crippen molar-refractivity contribution in [1.29, 1.82) is 0 Å². The fraction of sp³-hybridized carbons (Fsp3) is 0.667. The number of alkyl halides is 2. The van der Waals surface area contributed by atoms with Crippen molar-refractivity contribution in [3.05, 3.63) is 0 Å². The molecular weight excluding hydrogens is 158 g/mol. The molecule has 10 heavy (non-hydrogen) atoms. The second-order valence-electron chi connectivity index (χ2n) is 2.48. The third-order valence-electron chi connectivity index (χ3n) is 1.39. The first-order valence-corrected chi connectivity index (χ1v) is 3.19. The average molecular weight is 164 g/mol. The van der Waals surface area contributed by atoms with Crippen LogP contribution in [0.4, 0.5) is 8.78 Å². The first kappa shape index (κ1) is 7.83. The van der Waals surface area contributed by atoms with Crippen molar-refractivity contribution < 1.29 is 13.9 Å². The minimum atomic E-state index is -2.73. The Morgan fingerprint density at radius 2 is 1.90 bits per heavy atom. The lowest BCUT2D eigenvalue weighted by molar-refractivity contribution is -0.176. The molecule has 1 nitrogen and oxygen atoms in total. The van der Waals surface area contributed by atoms with Crippen molar-refractivity contribution >= 4 is 12.6 Å². The molecule has 4 heteroatoms. The minimum Gasteiger partial charge on any atom is -0.377 e. The smallest absolute Gasteiger partial charge is 0.255 e. The standard InChI is InChI=1S/C6H6F2OS/c7-6(8)3-5(9,4-6)1-2-10/h9-10H,3-4H2. The van der Waals surface area contributed by atoms with Crippen LogP contribution in [0, 0.1) is 11.2 Å². The summed E-state index contributed by atoms with van der Waals surface area (Å²) in [6.45, 7) is 0. The molecule has 0 heterocycles. The molecule has 0 aliphatic heterocycles. The summed E-state index contributed by atoms with van der Waals surface area (Å²) in [6, 6.07) is 0. The molecule has 0 aromatic heterocycles. The van der Waals surface area contributed by atoms with Gasteiger partial charge in [0.1, 0.15) is 5.60 Å². The zero-order chi connectivity index (χ0) is 7.83. The molecule has 0 aromatic rings. The van der Waals surface area contributed by atoms with Crippen LogP contribution < -0.4 is 0 Å². The summed E-state index contributed by atoms with van der Waals surface area (Å²) < 4.78 is 24.2. The monoisotopic (exact) mass is 164 g/mol. The van der Waals surface area contributed by atoms with E-state index in [1.165, 1.54) is 0 Å². The topological polar surface area (TPSA) is 20.2 Å². The second-order valence-corrected chi connectivity index (χ2v) is 2.70. The van der Waals surface area contributed by atoms with Gasteiger partial charge in [-0.1, -0.05) is 18.5 Å². The molecule has 56 valence electrons. The average Bonchev–Trinajstić information content (AvgIpc) is 1.58. The summed E-state index contributed by atoms with van der Waals surface area (Å²) in [5, 5.41) is 11.2. The van der Waals surface area contributed by atoms with E-state index in [1.54, 1.807) is 0 Å². The number of hydrogen-bond acceptors (Lipinski definition) is 2. The molecule has 0 unspecified atom stereocenters. The molecule has 1 aliphatic rings. The van der Waals surface area contributed by atoms with Gasteiger partial charge in [0.15, 0.2) is 0 Å². The number of hydrogen-bond donors (Lipinski definition) is 2. The Morgan fingerprint density at radius 1 is 1.40 bits per heavy atom. The van der Waals surface area contributed by atoms with E-state index < -0.39 is 24.4 Å². The lowest BCUT2D eigenvalue weighted by atomic mass is 9.77. The van der Waals surface area contributed by atoms with Crippen LogP contribution in [0.25, 0.3) is 0 Å². The van der Waals surface area contributed by atoms with E-state index in [0.717, 1.165) is 0 Å². The van der Waals surface area contributed by atoms with E-state index in [9.17, 15) is 8.78 Å². The first-order chi connectivity index (χ1) is 4.47. The minimum absolute atomic E-state index is 0.562. The normalized spacial score (nSPS) is 26.0. The summed E-state index contributed by atoms with van der Waals surface area (Å²) in [6.07, 6.45) is -1.12. The van der Waals surface area contributed by atoms with Gasteiger partial charge >= 0.3 is 0 Å². The summed E-state index contributed by atoms with van der Waals surface area (Å²) in [4.78, 5) is 0. The van der Waals surface area contributed by atoms with Crippen LogP contribution in [0.3, 0.4) is 0 Å². The maximum absolute atomic E-state index is 12.1. The number of thiol groups is 1. The SMILES string of the molecule is OC1(C#CS)CC(F)(F)C1. The molecule has 1 aliphatic carbocycles. The van der Waals surface area contributed by atoms with Crippen molar-refractivity contribution in [2.24, 2.45) is 0 Å². The Kier molecular flexibility index (Phi) is 1.65. The van der Waals surface area contributed by atoms with Crippen molar-refractivity contribution in [2.75, 3.05) is 0 Å². The molecule has 1 fully saturated rings. The first-order valence-electron chi connectivity index (χ1n) is 2.74. The van der Waals surface area contributed by atoms with Crippen LogP contribution in [0.5, 0.6) is 0 Å². The highest BCUT2D eigenvalue weighted by atomic mass is 32.1. The van der Waals surface area contributed by atoms with E-state index in [1.807, 2.05) is 0 Å². The summed E-state index contributed by atoms with van der Waals surface area (Å²) >= 11 is 3.49. The lowest BCUT2D eigenvalue weighted by Gasteiger charge is -2.39. The molecule has 0 aromatic carbocycles. The van der Waals surface area contributed by atoms with Gasteiger partial charge in [-0.25, -0.2) is 8.78 Å². The van der Waals surface area contributed by atoms with Gasteiger partial charge in [-0.3, -0.25) is 0 Å². The highest BCUT2D eigenvalue weighted by molar-refractivity contribution is 7.85. The predicted octanol–water partition coefficient (Wildman–Crippen LogP) is 1.04. The lowest BCUT2D eigenvalue weighted by Crippen LogP contribution is -2.50. The fourth-order valence-electron chi connectivity index (χ4n) is 0.996. The zero-order valence-corrected chi connectivity index (χ0v) is 5.96. The molecule has 0 atom stereocenters. The quantitative estimate of drug-likeness (QED) is 0.405. The Balaban J connectivity index is 2.55. The van der Waals surface area contributed by atoms with Gasteiger partial charge in [-0.2, -0.15) is 0 Å². The Hall–Kier alpha value is -0.270. The van der Waals surface area contributed by atoms with Crippen LogP contribution >= 0.6 is 12.6 Å². The second kappa shape index (κ2) is 2.11. The van der Waals surface area contributed by atoms with Crippen molar-refractivity contribution in [1.82, 2.24) is 0 Å². The van der Waals surface area contributed by atoms with E-state index >= 15 is 0 Å². The van der Waals surface area contributed by atoms with Crippen molar-refractivity contribution in [3.63, 3.8) is 0 Å². The highest BCUT2D eigenvalue weighted by Crippen LogP contribution is 2.44. The van der Waals surface area contributed by atoms with E-state index in [-0.39, 0.29) is 0 Å². The van der Waals surface area contributed by atoms with Gasteiger partial charge in [-0.05, 0) is 5.25 Å². The third kappa shape index (κ3) is 1.41. The van der Waals surface area contributed by atoms with E-state index in [0.29, 0.717) is 0 Å². The van der Waals surface area contributed by atoms with Crippen LogP contribution in [-0.4, -0.2) is 16.6 Å². The summed E-state index contributed by atoms with van der Waals surface area (Å²) in [5.74, 6) is -0.526. The van der Waals surface area contributed by atoms with Gasteiger partial charge in [0.05, 0.1) is 12.8 Å². The van der Waals surface area contributed by atoms with Crippen molar-refractivity contribution in [2.45, 2.75) is 24.4 Å². The highest BCUT2D eigenvalue weighted by Gasteiger charge is 2.55. The Labute approximate surface area is 62.8 Å². The molecule has 1 N–H and O–H groups in total. The summed E-state index contributed by atoms with van der Waals surface area (Å²) in [7, 11) is 0. The predicted molar refractivity (Wildman–Crippen MR) is 35.9 cm³/mol. The van der Waals surface area contributed by atoms with Crippen LogP contribution in [-0.2, 0) is 0 Å². The van der Waals surface area contributed by atoms with E-state index in [2.05, 4.69) is 23.8 Å². The number of aliphatic hydroxyl groups is 1. The molecule has 0 saturated heterocycles. The Bertz CT molecular complexity index is 196. The summed E-state index contributed by atoms with van der Waals surface area (Å²) in [5.41, 5.74) is -1.48. The molecule has 0 radical (unpaired) electrons. The molecule has 0 amide bonds. The van der Waals surface area contributed by atoms with Gasteiger partial charge in [0, 0.05) is 0 Å². The fourth-order valence-corrected chi connectivity index (χ4v) is 1.20. The van der Waals surface area contributed by atoms with Crippen LogP contribution in [0.1, 0.15) is 12.8 Å². The third-order valence-corrected chi connectivity index (χ3v) is 1.50. The maximum atomic E-state index is 12.1. The zero-order valence-electron chi connectivity index (χ0n) is 5.06. The van der Waals surface area contributed by atoms with Crippen LogP contribution in [0.2, 0.25) is 0 Å². The Morgan fingerprint density at radius 3 is 2.20 bits per heavy atom. The van der Waals surface area contributed by atoms with Gasteiger partial charge < -0.3 is 5.11 Å². The van der Waals surface area contributed by atoms with Gasteiger partial charge in [0.2, 0.25) is 0 Å². The molecule has 1 rings (SSSR count). The number of rotatable bonds is 0. The van der Waals surface area contributed by atoms with Gasteiger partial charge in [-0.15, -0.1) is 0 Å². The molecule has 0 bridgehead atoms. The van der Waals surface area contributed by atoms with Crippen molar-refractivity contribution in [3.8, 4) is 11.2 Å². The maximum Gasteiger partial charge on any atom is 0.255 e. The largest absolute Gasteiger partial charge is 0.377 e. The number of halogens is 2. The van der Waals surface area contributed by atoms with E-state index in [4.69, 9.17) is 5.11 Å². The molecular formula is C6H6F2OS. The van der Waals surface area contributed by atoms with Gasteiger partial charge in [0.25, 0.3) is 5.92 Å².